The molecule has 226 valence electrons. The van der Waals surface area contributed by atoms with Crippen molar-refractivity contribution in [1.82, 2.24) is 9.80 Å². The maximum absolute atomic E-state index is 14.0. The zero-order valence-corrected chi connectivity index (χ0v) is 25.2. The maximum Gasteiger partial charge on any atom is 0.394 e. The molecule has 1 fully saturated rings. The largest absolute Gasteiger partial charge is 0.496 e. The van der Waals surface area contributed by atoms with E-state index in [9.17, 15) is 24.3 Å². The summed E-state index contributed by atoms with van der Waals surface area (Å²) in [5, 5.41) is 9.72. The second-order valence-electron chi connectivity index (χ2n) is 11.9. The van der Waals surface area contributed by atoms with Gasteiger partial charge in [-0.25, -0.2) is 4.79 Å². The van der Waals surface area contributed by atoms with Gasteiger partial charge in [-0.15, -0.1) is 0 Å². The van der Waals surface area contributed by atoms with Gasteiger partial charge < -0.3 is 29.3 Å². The Morgan fingerprint density at radius 3 is 2.50 bits per heavy atom. The van der Waals surface area contributed by atoms with Crippen molar-refractivity contribution in [2.24, 2.45) is 5.41 Å². The monoisotopic (exact) mass is 599 g/mol. The summed E-state index contributed by atoms with van der Waals surface area (Å²) in [6.07, 6.45) is 0.0324. The second-order valence-corrected chi connectivity index (χ2v) is 12.3. The number of benzene rings is 2. The number of fused-ring (bicyclic) bond motifs is 1. The van der Waals surface area contributed by atoms with Crippen LogP contribution in [0.3, 0.4) is 0 Å². The van der Waals surface area contributed by atoms with Crippen molar-refractivity contribution >= 4 is 41.0 Å². The van der Waals surface area contributed by atoms with E-state index < -0.39 is 29.9 Å². The van der Waals surface area contributed by atoms with Crippen LogP contribution in [0.25, 0.3) is 0 Å². The van der Waals surface area contributed by atoms with Gasteiger partial charge in [0.15, 0.2) is 0 Å². The molecule has 3 amide bonds. The zero-order valence-electron chi connectivity index (χ0n) is 24.5. The number of carboxylic acid groups (broad SMARTS) is 1. The van der Waals surface area contributed by atoms with Crippen LogP contribution >= 0.6 is 11.6 Å². The first-order chi connectivity index (χ1) is 19.9. The Labute approximate surface area is 251 Å². The van der Waals surface area contributed by atoms with E-state index in [1.54, 1.807) is 35.1 Å². The summed E-state index contributed by atoms with van der Waals surface area (Å²) in [4.78, 5) is 55.8. The number of likely N-dealkylation sites (tertiary alicyclic amines) is 1. The number of rotatable bonds is 4. The SMILES string of the molecule is COc1ccccc1C1OCCN(C2CCCN(C(=O)C(=O)O)C2)C(=O)CC(=O)N(CC(C)(C)C)c2ccc(Cl)cc21. The van der Waals surface area contributed by atoms with Gasteiger partial charge in [-0.1, -0.05) is 50.6 Å². The molecule has 2 aromatic rings. The predicted molar refractivity (Wildman–Crippen MR) is 158 cm³/mol. The zero-order chi connectivity index (χ0) is 30.6. The van der Waals surface area contributed by atoms with Crippen LogP contribution in [0.4, 0.5) is 5.69 Å². The lowest BCUT2D eigenvalue weighted by atomic mass is 9.93. The Morgan fingerprint density at radius 1 is 1.07 bits per heavy atom. The average Bonchev–Trinajstić information content (AvgIpc) is 2.96. The number of piperidine rings is 1. The van der Waals surface area contributed by atoms with E-state index >= 15 is 0 Å². The van der Waals surface area contributed by atoms with Crippen molar-refractivity contribution in [3.8, 4) is 5.75 Å². The molecule has 2 aromatic carbocycles. The summed E-state index contributed by atoms with van der Waals surface area (Å²) in [7, 11) is 1.58. The first-order valence-electron chi connectivity index (χ1n) is 14.1. The summed E-state index contributed by atoms with van der Waals surface area (Å²) in [5.74, 6) is -2.72. The van der Waals surface area contributed by atoms with Crippen molar-refractivity contribution in [2.75, 3.05) is 44.8 Å². The van der Waals surface area contributed by atoms with E-state index in [0.29, 0.717) is 48.0 Å². The minimum Gasteiger partial charge on any atom is -0.496 e. The lowest BCUT2D eigenvalue weighted by Crippen LogP contribution is -2.54. The standard InChI is InChI=1S/C31H38ClN3O7/c1-31(2,3)19-35-24-12-11-20(32)16-23(24)28(22-9-5-6-10-25(22)41-4)42-15-14-34(26(36)17-27(35)37)21-8-7-13-33(18-21)29(38)30(39)40/h5-6,9-12,16,21,28H,7-8,13-15,17-19H2,1-4H3,(H,39,40). The highest BCUT2D eigenvalue weighted by atomic mass is 35.5. The Morgan fingerprint density at radius 2 is 1.81 bits per heavy atom. The van der Waals surface area contributed by atoms with Crippen molar-refractivity contribution in [2.45, 2.75) is 52.2 Å². The molecule has 10 nitrogen and oxygen atoms in total. The molecular formula is C31H38ClN3O7. The molecule has 2 atom stereocenters. The number of methoxy groups -OCH3 is 1. The Hall–Kier alpha value is -3.63. The van der Waals surface area contributed by atoms with Crippen molar-refractivity contribution < 1.29 is 33.8 Å². The summed E-state index contributed by atoms with van der Waals surface area (Å²) in [6.45, 7) is 6.99. The molecule has 0 spiro atoms. The normalized spacial score (nSPS) is 20.5. The number of carbonyl (C=O) groups excluding carboxylic acids is 3. The summed E-state index contributed by atoms with van der Waals surface area (Å²) in [6, 6.07) is 12.3. The Kier molecular flexibility index (Phi) is 9.78. The topological polar surface area (TPSA) is 117 Å². The number of aliphatic carboxylic acids is 1. The fourth-order valence-corrected chi connectivity index (χ4v) is 5.81. The van der Waals surface area contributed by atoms with Crippen LogP contribution in [-0.4, -0.2) is 84.5 Å². The number of para-hydroxylation sites is 1. The summed E-state index contributed by atoms with van der Waals surface area (Å²) >= 11 is 6.50. The summed E-state index contributed by atoms with van der Waals surface area (Å²) in [5.41, 5.74) is 1.69. The quantitative estimate of drug-likeness (QED) is 0.415. The maximum atomic E-state index is 14.0. The van der Waals surface area contributed by atoms with Crippen molar-refractivity contribution in [3.63, 3.8) is 0 Å². The van der Waals surface area contributed by atoms with Gasteiger partial charge in [-0.2, -0.15) is 0 Å². The third-order valence-corrected chi connectivity index (χ3v) is 7.70. The fourth-order valence-electron chi connectivity index (χ4n) is 5.63. The predicted octanol–water partition coefficient (Wildman–Crippen LogP) is 4.14. The minimum absolute atomic E-state index is 0.0720. The molecule has 2 heterocycles. The van der Waals surface area contributed by atoms with Crippen LogP contribution in [-0.2, 0) is 23.9 Å². The van der Waals surface area contributed by atoms with Gasteiger partial charge in [0.2, 0.25) is 11.8 Å². The van der Waals surface area contributed by atoms with E-state index in [1.807, 2.05) is 45.0 Å². The Balaban J connectivity index is 1.79. The van der Waals surface area contributed by atoms with Gasteiger partial charge in [0.05, 0.1) is 13.7 Å². The second kappa shape index (κ2) is 13.1. The van der Waals surface area contributed by atoms with Gasteiger partial charge >= 0.3 is 11.9 Å². The van der Waals surface area contributed by atoms with Gasteiger partial charge in [0, 0.05) is 54.1 Å². The number of carboxylic acids is 1. The number of amides is 3. The number of halogens is 1. The molecule has 0 aliphatic carbocycles. The number of anilines is 1. The van der Waals surface area contributed by atoms with Crippen molar-refractivity contribution in [3.05, 3.63) is 58.6 Å². The molecule has 0 bridgehead atoms. The van der Waals surface area contributed by atoms with Crippen LogP contribution in [0.15, 0.2) is 42.5 Å². The number of nitrogens with zero attached hydrogens (tertiary/aromatic N) is 3. The van der Waals surface area contributed by atoms with Crippen LogP contribution in [0.1, 0.15) is 57.3 Å². The van der Waals surface area contributed by atoms with E-state index in [0.717, 1.165) is 5.56 Å². The smallest absolute Gasteiger partial charge is 0.394 e. The fraction of sp³-hybridized carbons (Fsp3) is 0.484. The van der Waals surface area contributed by atoms with Crippen LogP contribution < -0.4 is 9.64 Å². The number of hydrogen-bond donors (Lipinski definition) is 1. The molecule has 2 unspecified atom stereocenters. The van der Waals surface area contributed by atoms with Gasteiger partial charge in [0.1, 0.15) is 18.3 Å². The molecule has 0 aromatic heterocycles. The lowest BCUT2D eigenvalue weighted by molar-refractivity contribution is -0.157. The van der Waals surface area contributed by atoms with Crippen LogP contribution in [0.2, 0.25) is 5.02 Å². The van der Waals surface area contributed by atoms with Crippen LogP contribution in [0, 0.1) is 5.41 Å². The summed E-state index contributed by atoms with van der Waals surface area (Å²) < 4.78 is 12.2. The number of hydrogen-bond acceptors (Lipinski definition) is 6. The van der Waals surface area contributed by atoms with Crippen LogP contribution in [0.5, 0.6) is 5.75 Å². The molecule has 2 aliphatic rings. The number of ether oxygens (including phenoxy) is 2. The van der Waals surface area contributed by atoms with Gasteiger partial charge in [0.25, 0.3) is 0 Å². The number of carbonyl (C=O) groups is 4. The molecule has 11 heteroatoms. The van der Waals surface area contributed by atoms with E-state index in [1.165, 1.54) is 4.90 Å². The van der Waals surface area contributed by atoms with E-state index in [2.05, 4.69) is 0 Å². The Bertz CT molecular complexity index is 1340. The van der Waals surface area contributed by atoms with Gasteiger partial charge in [-0.3, -0.25) is 14.4 Å². The van der Waals surface area contributed by atoms with Gasteiger partial charge in [-0.05, 0) is 42.5 Å². The molecule has 4 rings (SSSR count). The van der Waals surface area contributed by atoms with Crippen molar-refractivity contribution in [1.29, 1.82) is 0 Å². The van der Waals surface area contributed by atoms with E-state index in [4.69, 9.17) is 21.1 Å². The first-order valence-corrected chi connectivity index (χ1v) is 14.4. The van der Waals surface area contributed by atoms with E-state index in [-0.39, 0.29) is 37.4 Å². The molecule has 0 saturated carbocycles. The average molecular weight is 600 g/mol. The minimum atomic E-state index is -1.54. The molecule has 1 N–H and O–H groups in total. The molecule has 1 saturated heterocycles. The third kappa shape index (κ3) is 7.22. The molecule has 42 heavy (non-hydrogen) atoms. The molecule has 2 aliphatic heterocycles. The first kappa shape index (κ1) is 31.3. The highest BCUT2D eigenvalue weighted by Gasteiger charge is 2.36. The lowest BCUT2D eigenvalue weighted by Gasteiger charge is -2.39. The molecule has 0 radical (unpaired) electrons. The molecular weight excluding hydrogens is 562 g/mol. The third-order valence-electron chi connectivity index (χ3n) is 7.46. The highest BCUT2D eigenvalue weighted by Crippen LogP contribution is 2.40. The highest BCUT2D eigenvalue weighted by molar-refractivity contribution is 6.31.